The second-order valence-electron chi connectivity index (χ2n) is 6.76. The number of rotatable bonds is 4. The average molecular weight is 397 g/mol. The van der Waals surface area contributed by atoms with Gasteiger partial charge in [-0.2, -0.15) is 4.31 Å². The molecule has 144 valence electrons. The maximum atomic E-state index is 13.6. The van der Waals surface area contributed by atoms with E-state index in [1.807, 2.05) is 53.2 Å². The van der Waals surface area contributed by atoms with E-state index in [-0.39, 0.29) is 17.1 Å². The zero-order valence-corrected chi connectivity index (χ0v) is 16.0. The lowest BCUT2D eigenvalue weighted by Crippen LogP contribution is -2.42. The molecule has 0 unspecified atom stereocenters. The molecule has 0 N–H and O–H groups in total. The normalized spacial score (nSPS) is 17.2. The predicted octanol–water partition coefficient (Wildman–Crippen LogP) is 3.50. The van der Waals surface area contributed by atoms with Crippen molar-refractivity contribution in [3.63, 3.8) is 0 Å². The first-order valence-electron chi connectivity index (χ1n) is 8.86. The van der Waals surface area contributed by atoms with Crippen LogP contribution in [0.15, 0.2) is 71.8 Å². The van der Waals surface area contributed by atoms with Crippen molar-refractivity contribution in [2.45, 2.75) is 24.4 Å². The Labute approximate surface area is 163 Å². The van der Waals surface area contributed by atoms with E-state index in [9.17, 15) is 18.5 Å². The van der Waals surface area contributed by atoms with E-state index in [1.54, 1.807) is 6.92 Å². The molecule has 0 amide bonds. The molecule has 7 nitrogen and oxygen atoms in total. The van der Waals surface area contributed by atoms with Crippen LogP contribution in [0.2, 0.25) is 0 Å². The Morgan fingerprint density at radius 2 is 1.79 bits per heavy atom. The molecule has 2 heterocycles. The van der Waals surface area contributed by atoms with E-state index in [0.29, 0.717) is 12.1 Å². The first-order valence-corrected chi connectivity index (χ1v) is 10.3. The summed E-state index contributed by atoms with van der Waals surface area (Å²) in [5.41, 5.74) is 1.98. The number of nitro benzene ring substituents is 1. The monoisotopic (exact) mass is 397 g/mol. The highest BCUT2D eigenvalue weighted by molar-refractivity contribution is 7.89. The van der Waals surface area contributed by atoms with E-state index < -0.39 is 21.0 Å². The van der Waals surface area contributed by atoms with Gasteiger partial charge in [0.1, 0.15) is 0 Å². The van der Waals surface area contributed by atoms with Crippen molar-refractivity contribution < 1.29 is 13.3 Å². The molecule has 0 saturated carbocycles. The third kappa shape index (κ3) is 3.00. The van der Waals surface area contributed by atoms with Gasteiger partial charge in [0.15, 0.2) is 0 Å². The maximum absolute atomic E-state index is 13.6. The van der Waals surface area contributed by atoms with Gasteiger partial charge in [-0.15, -0.1) is 0 Å². The van der Waals surface area contributed by atoms with Crippen LogP contribution >= 0.6 is 0 Å². The fourth-order valence-electron chi connectivity index (χ4n) is 3.70. The Balaban J connectivity index is 1.87. The molecule has 3 aromatic rings. The van der Waals surface area contributed by atoms with Crippen molar-refractivity contribution in [3.8, 4) is 0 Å². The lowest BCUT2D eigenvalue weighted by Gasteiger charge is -2.36. The Morgan fingerprint density at radius 3 is 2.50 bits per heavy atom. The van der Waals surface area contributed by atoms with Crippen LogP contribution < -0.4 is 0 Å². The summed E-state index contributed by atoms with van der Waals surface area (Å²) >= 11 is 0. The van der Waals surface area contributed by atoms with Gasteiger partial charge in [0.2, 0.25) is 10.0 Å². The number of aromatic nitrogens is 1. The van der Waals surface area contributed by atoms with Crippen LogP contribution in [0.25, 0.3) is 0 Å². The van der Waals surface area contributed by atoms with E-state index in [4.69, 9.17) is 0 Å². The van der Waals surface area contributed by atoms with Crippen LogP contribution in [-0.2, 0) is 16.6 Å². The maximum Gasteiger partial charge on any atom is 0.270 e. The van der Waals surface area contributed by atoms with Crippen LogP contribution in [0.3, 0.4) is 0 Å². The molecule has 4 rings (SSSR count). The summed E-state index contributed by atoms with van der Waals surface area (Å²) in [5, 5.41) is 11.2. The van der Waals surface area contributed by atoms with E-state index in [1.165, 1.54) is 16.4 Å². The number of benzene rings is 2. The molecule has 2 aromatic carbocycles. The van der Waals surface area contributed by atoms with Gasteiger partial charge < -0.3 is 4.57 Å². The largest absolute Gasteiger partial charge is 0.348 e. The minimum Gasteiger partial charge on any atom is -0.348 e. The van der Waals surface area contributed by atoms with Gasteiger partial charge in [-0.1, -0.05) is 36.4 Å². The van der Waals surface area contributed by atoms with Crippen molar-refractivity contribution in [3.05, 3.63) is 93.8 Å². The summed E-state index contributed by atoms with van der Waals surface area (Å²) in [4.78, 5) is 10.6. The first kappa shape index (κ1) is 18.4. The third-order valence-corrected chi connectivity index (χ3v) is 7.09. The SMILES string of the molecule is Cc1ccc([N+](=O)[O-])cc1S(=O)(=O)N1CCn2cccc2[C@H]1c1ccccc1. The van der Waals surface area contributed by atoms with Gasteiger partial charge in [-0.3, -0.25) is 10.1 Å². The third-order valence-electron chi connectivity index (χ3n) is 5.08. The predicted molar refractivity (Wildman–Crippen MR) is 104 cm³/mol. The van der Waals surface area contributed by atoms with Crippen molar-refractivity contribution >= 4 is 15.7 Å². The molecular weight excluding hydrogens is 378 g/mol. The highest BCUT2D eigenvalue weighted by atomic mass is 32.2. The fourth-order valence-corrected chi connectivity index (χ4v) is 5.53. The molecule has 0 spiro atoms. The quantitative estimate of drug-likeness (QED) is 0.498. The average Bonchev–Trinajstić information content (AvgIpc) is 3.16. The number of sulfonamides is 1. The van der Waals surface area contributed by atoms with Crippen molar-refractivity contribution in [1.29, 1.82) is 0 Å². The van der Waals surface area contributed by atoms with Gasteiger partial charge >= 0.3 is 0 Å². The summed E-state index contributed by atoms with van der Waals surface area (Å²) in [7, 11) is -3.95. The summed E-state index contributed by atoms with van der Waals surface area (Å²) in [6, 6.07) is 16.7. The standard InChI is InChI=1S/C20H19N3O4S/c1-15-9-10-17(23(24)25)14-19(15)28(26,27)22-13-12-21-11-5-8-18(21)20(22)16-6-3-2-4-7-16/h2-11,14,20H,12-13H2,1H3/t20-/m1/s1. The molecule has 0 bridgehead atoms. The van der Waals surface area contributed by atoms with Gasteiger partial charge in [-0.05, 0) is 30.2 Å². The number of nitrogens with zero attached hydrogens (tertiary/aromatic N) is 3. The number of hydrogen-bond donors (Lipinski definition) is 0. The van der Waals surface area contributed by atoms with Gasteiger partial charge in [0.05, 0.1) is 15.9 Å². The number of aryl methyl sites for hydroxylation is 1. The van der Waals surface area contributed by atoms with E-state index in [2.05, 4.69) is 0 Å². The Hall–Kier alpha value is -2.97. The van der Waals surface area contributed by atoms with Crippen molar-refractivity contribution in [1.82, 2.24) is 8.87 Å². The zero-order chi connectivity index (χ0) is 19.9. The minimum atomic E-state index is -3.95. The smallest absolute Gasteiger partial charge is 0.270 e. The number of fused-ring (bicyclic) bond motifs is 1. The van der Waals surface area contributed by atoms with Crippen LogP contribution in [-0.4, -0.2) is 28.8 Å². The Bertz CT molecular complexity index is 1140. The molecule has 1 atom stereocenters. The molecule has 1 aliphatic rings. The fraction of sp³-hybridized carbons (Fsp3) is 0.200. The summed E-state index contributed by atoms with van der Waals surface area (Å²) in [6.45, 7) is 2.46. The molecular formula is C20H19N3O4S. The molecule has 0 aliphatic carbocycles. The van der Waals surface area contributed by atoms with Crippen molar-refractivity contribution in [2.75, 3.05) is 6.54 Å². The van der Waals surface area contributed by atoms with Crippen LogP contribution in [0.4, 0.5) is 5.69 Å². The zero-order valence-electron chi connectivity index (χ0n) is 15.2. The highest BCUT2D eigenvalue weighted by Gasteiger charge is 2.38. The summed E-state index contributed by atoms with van der Waals surface area (Å²) in [5.74, 6) is 0. The first-order chi connectivity index (χ1) is 13.4. The Morgan fingerprint density at radius 1 is 1.04 bits per heavy atom. The molecule has 0 fully saturated rings. The van der Waals surface area contributed by atoms with Crippen LogP contribution in [0.1, 0.15) is 22.9 Å². The van der Waals surface area contributed by atoms with Crippen LogP contribution in [0, 0.1) is 17.0 Å². The van der Waals surface area contributed by atoms with Gasteiger partial charge in [0.25, 0.3) is 5.69 Å². The minimum absolute atomic E-state index is 0.0253. The lowest BCUT2D eigenvalue weighted by atomic mass is 10.0. The molecule has 1 aromatic heterocycles. The molecule has 28 heavy (non-hydrogen) atoms. The second-order valence-corrected chi connectivity index (χ2v) is 8.62. The summed E-state index contributed by atoms with van der Waals surface area (Å²) in [6.07, 6.45) is 1.94. The molecule has 8 heteroatoms. The number of nitro groups is 1. The molecule has 1 aliphatic heterocycles. The number of hydrogen-bond acceptors (Lipinski definition) is 4. The van der Waals surface area contributed by atoms with Crippen LogP contribution in [0.5, 0.6) is 0 Å². The number of non-ortho nitro benzene ring substituents is 1. The molecule has 0 saturated heterocycles. The molecule has 0 radical (unpaired) electrons. The van der Waals surface area contributed by atoms with Crippen molar-refractivity contribution in [2.24, 2.45) is 0 Å². The lowest BCUT2D eigenvalue weighted by molar-refractivity contribution is -0.385. The van der Waals surface area contributed by atoms with E-state index >= 15 is 0 Å². The van der Waals surface area contributed by atoms with E-state index in [0.717, 1.165) is 17.3 Å². The topological polar surface area (TPSA) is 85.4 Å². The van der Waals surface area contributed by atoms with Gasteiger partial charge in [0, 0.05) is 37.1 Å². The Kier molecular flexibility index (Phi) is 4.52. The second kappa shape index (κ2) is 6.88. The van der Waals surface area contributed by atoms with Gasteiger partial charge in [-0.25, -0.2) is 8.42 Å². The summed E-state index contributed by atoms with van der Waals surface area (Å²) < 4.78 is 30.7. The highest BCUT2D eigenvalue weighted by Crippen LogP contribution is 2.37.